The van der Waals surface area contributed by atoms with Crippen molar-refractivity contribution in [2.45, 2.75) is 52.6 Å². The van der Waals surface area contributed by atoms with Crippen molar-refractivity contribution in [2.75, 3.05) is 27.9 Å². The first-order valence-corrected chi connectivity index (χ1v) is 11.0. The lowest BCUT2D eigenvalue weighted by Crippen LogP contribution is -2.42. The summed E-state index contributed by atoms with van der Waals surface area (Å²) in [6, 6.07) is 5.96. The molecule has 174 valence electrons. The van der Waals surface area contributed by atoms with Crippen LogP contribution >= 0.6 is 0 Å². The zero-order chi connectivity index (χ0) is 23.5. The van der Waals surface area contributed by atoms with Crippen LogP contribution in [0.2, 0.25) is 0 Å². The van der Waals surface area contributed by atoms with Crippen LogP contribution in [0.4, 0.5) is 0 Å². The lowest BCUT2D eigenvalue weighted by Gasteiger charge is -2.38. The van der Waals surface area contributed by atoms with Gasteiger partial charge in [-0.25, -0.2) is 0 Å². The maximum atomic E-state index is 6.53. The maximum Gasteiger partial charge on any atom is 0.160 e. The highest BCUT2D eigenvalue weighted by molar-refractivity contribution is 5.59. The summed E-state index contributed by atoms with van der Waals surface area (Å²) in [6.07, 6.45) is 4.42. The number of ether oxygens (including phenoxy) is 4. The van der Waals surface area contributed by atoms with Crippen LogP contribution in [0.3, 0.4) is 0 Å². The van der Waals surface area contributed by atoms with Crippen molar-refractivity contribution in [1.29, 1.82) is 0 Å². The first-order valence-electron chi connectivity index (χ1n) is 11.0. The number of hydrogen-bond acceptors (Lipinski definition) is 6. The highest BCUT2D eigenvalue weighted by Gasteiger charge is 2.36. The Bertz CT molecular complexity index is 1020. The van der Waals surface area contributed by atoms with Gasteiger partial charge in [-0.1, -0.05) is 6.07 Å². The van der Waals surface area contributed by atoms with E-state index in [-0.39, 0.29) is 0 Å². The van der Waals surface area contributed by atoms with Gasteiger partial charge in [0.25, 0.3) is 0 Å². The molecule has 2 aromatic carbocycles. The van der Waals surface area contributed by atoms with Gasteiger partial charge in [0.15, 0.2) is 11.5 Å². The summed E-state index contributed by atoms with van der Waals surface area (Å²) in [7, 11) is 5.01. The van der Waals surface area contributed by atoms with E-state index in [9.17, 15) is 0 Å². The SMILES string of the molecule is COc1ccc(CCN/C=C(\N)C2(C)CCc3c(C)c(OC)c(C)c(C)c3O2)cc1OC. The Kier molecular flexibility index (Phi) is 7.12. The minimum Gasteiger partial charge on any atom is -0.496 e. The molecule has 0 aromatic heterocycles. The smallest absolute Gasteiger partial charge is 0.160 e. The predicted molar refractivity (Wildman–Crippen MR) is 128 cm³/mol. The van der Waals surface area contributed by atoms with Crippen LogP contribution < -0.4 is 30.0 Å². The highest BCUT2D eigenvalue weighted by atomic mass is 16.5. The van der Waals surface area contributed by atoms with E-state index in [1.54, 1.807) is 21.3 Å². The third kappa shape index (κ3) is 4.45. The van der Waals surface area contributed by atoms with Crippen LogP contribution in [-0.2, 0) is 12.8 Å². The van der Waals surface area contributed by atoms with Crippen LogP contribution in [0.15, 0.2) is 30.1 Å². The quantitative estimate of drug-likeness (QED) is 0.595. The molecule has 0 spiro atoms. The average molecular weight is 441 g/mol. The topological polar surface area (TPSA) is 75.0 Å². The van der Waals surface area contributed by atoms with Crippen molar-refractivity contribution in [3.8, 4) is 23.0 Å². The second-order valence-corrected chi connectivity index (χ2v) is 8.54. The zero-order valence-corrected chi connectivity index (χ0v) is 20.3. The van der Waals surface area contributed by atoms with Crippen molar-refractivity contribution < 1.29 is 18.9 Å². The summed E-state index contributed by atoms with van der Waals surface area (Å²) in [5.41, 5.74) is 12.4. The highest BCUT2D eigenvalue weighted by Crippen LogP contribution is 2.44. The molecule has 3 rings (SSSR count). The van der Waals surface area contributed by atoms with E-state index in [0.29, 0.717) is 5.70 Å². The molecule has 0 radical (unpaired) electrons. The fourth-order valence-corrected chi connectivity index (χ4v) is 4.33. The Morgan fingerprint density at radius 1 is 1.06 bits per heavy atom. The zero-order valence-electron chi connectivity index (χ0n) is 20.3. The Morgan fingerprint density at radius 2 is 1.78 bits per heavy atom. The molecular weight excluding hydrogens is 404 g/mol. The number of nitrogens with two attached hydrogens (primary N) is 1. The lowest BCUT2D eigenvalue weighted by molar-refractivity contribution is 0.0981. The monoisotopic (exact) mass is 440 g/mol. The van der Waals surface area contributed by atoms with E-state index in [1.165, 1.54) is 5.56 Å². The number of nitrogens with one attached hydrogen (secondary N) is 1. The summed E-state index contributed by atoms with van der Waals surface area (Å²) in [5, 5.41) is 3.34. The van der Waals surface area contributed by atoms with Crippen molar-refractivity contribution in [3.63, 3.8) is 0 Å². The molecule has 6 heteroatoms. The van der Waals surface area contributed by atoms with Crippen LogP contribution in [0.5, 0.6) is 23.0 Å². The molecule has 0 amide bonds. The van der Waals surface area contributed by atoms with E-state index >= 15 is 0 Å². The number of hydrogen-bond donors (Lipinski definition) is 2. The minimum absolute atomic E-state index is 0.554. The largest absolute Gasteiger partial charge is 0.496 e. The van der Waals surface area contributed by atoms with Gasteiger partial charge in [-0.3, -0.25) is 0 Å². The molecule has 3 N–H and O–H groups in total. The Labute approximate surface area is 191 Å². The van der Waals surface area contributed by atoms with Gasteiger partial charge in [0.1, 0.15) is 17.1 Å². The Morgan fingerprint density at radius 3 is 2.44 bits per heavy atom. The fraction of sp³-hybridized carbons (Fsp3) is 0.462. The standard InChI is InChI=1S/C26H36N2O4/c1-16-17(2)25-20(18(3)24(16)31-7)10-12-26(4,32-25)23(27)15-28-13-11-19-8-9-21(29-5)22(14-19)30-6/h8-9,14-15,28H,10-13,27H2,1-7H3/b23-15-. The maximum absolute atomic E-state index is 6.53. The van der Waals surface area contributed by atoms with Gasteiger partial charge in [0.2, 0.25) is 0 Å². The summed E-state index contributed by atoms with van der Waals surface area (Å²) in [6.45, 7) is 9.07. The van der Waals surface area contributed by atoms with Gasteiger partial charge in [-0.15, -0.1) is 0 Å². The normalized spacial score (nSPS) is 17.9. The van der Waals surface area contributed by atoms with E-state index in [4.69, 9.17) is 24.7 Å². The van der Waals surface area contributed by atoms with Gasteiger partial charge < -0.3 is 30.0 Å². The van der Waals surface area contributed by atoms with E-state index in [2.05, 4.69) is 33.0 Å². The van der Waals surface area contributed by atoms with Crippen molar-refractivity contribution in [2.24, 2.45) is 5.73 Å². The first-order chi connectivity index (χ1) is 15.3. The second kappa shape index (κ2) is 9.63. The average Bonchev–Trinajstić information content (AvgIpc) is 2.80. The van der Waals surface area contributed by atoms with Gasteiger partial charge >= 0.3 is 0 Å². The first kappa shape index (κ1) is 23.6. The van der Waals surface area contributed by atoms with Crippen LogP contribution in [0.1, 0.15) is 41.2 Å². The molecule has 1 aliphatic rings. The van der Waals surface area contributed by atoms with Crippen LogP contribution in [0, 0.1) is 20.8 Å². The molecule has 1 aliphatic heterocycles. The fourth-order valence-electron chi connectivity index (χ4n) is 4.33. The Hall–Kier alpha value is -3.02. The molecule has 0 fully saturated rings. The van der Waals surface area contributed by atoms with E-state index < -0.39 is 5.60 Å². The van der Waals surface area contributed by atoms with Gasteiger partial charge in [-0.2, -0.15) is 0 Å². The summed E-state index contributed by atoms with van der Waals surface area (Å²) in [4.78, 5) is 0. The predicted octanol–water partition coefficient (Wildman–Crippen LogP) is 4.35. The Balaban J connectivity index is 1.69. The van der Waals surface area contributed by atoms with Gasteiger partial charge in [-0.05, 0) is 81.3 Å². The molecule has 6 nitrogen and oxygen atoms in total. The third-order valence-corrected chi connectivity index (χ3v) is 6.57. The molecule has 32 heavy (non-hydrogen) atoms. The second-order valence-electron chi connectivity index (χ2n) is 8.54. The molecule has 1 unspecified atom stereocenters. The van der Waals surface area contributed by atoms with Crippen molar-refractivity contribution in [1.82, 2.24) is 5.32 Å². The summed E-state index contributed by atoms with van der Waals surface area (Å²) < 4.78 is 22.8. The molecular formula is C26H36N2O4. The van der Waals surface area contributed by atoms with Crippen LogP contribution in [0.25, 0.3) is 0 Å². The molecule has 1 atom stereocenters. The third-order valence-electron chi connectivity index (χ3n) is 6.57. The molecule has 0 saturated heterocycles. The number of benzene rings is 2. The summed E-state index contributed by atoms with van der Waals surface area (Å²) >= 11 is 0. The molecule has 2 aromatic rings. The van der Waals surface area contributed by atoms with Crippen molar-refractivity contribution in [3.05, 3.63) is 57.9 Å². The van der Waals surface area contributed by atoms with Gasteiger partial charge in [0, 0.05) is 18.3 Å². The number of methoxy groups -OCH3 is 3. The van der Waals surface area contributed by atoms with Crippen molar-refractivity contribution >= 4 is 0 Å². The molecule has 0 aliphatic carbocycles. The van der Waals surface area contributed by atoms with E-state index in [1.807, 2.05) is 24.4 Å². The van der Waals surface area contributed by atoms with Crippen LogP contribution in [-0.4, -0.2) is 33.5 Å². The minimum atomic E-state index is -0.554. The summed E-state index contributed by atoms with van der Waals surface area (Å²) in [5.74, 6) is 3.36. The van der Waals surface area contributed by atoms with Gasteiger partial charge in [0.05, 0.1) is 27.0 Å². The van der Waals surface area contributed by atoms with E-state index in [0.717, 1.165) is 71.1 Å². The lowest BCUT2D eigenvalue weighted by atomic mass is 9.86. The molecule has 1 heterocycles. The number of rotatable bonds is 8. The number of fused-ring (bicyclic) bond motifs is 1. The molecule has 0 saturated carbocycles. The molecule has 0 bridgehead atoms.